The van der Waals surface area contributed by atoms with E-state index in [1.807, 2.05) is 30.3 Å². The first-order valence-corrected chi connectivity index (χ1v) is 7.32. The molecule has 1 N–H and O–H groups in total. The highest BCUT2D eigenvalue weighted by Gasteiger charge is 2.26. The molecule has 1 atom stereocenters. The Labute approximate surface area is 134 Å². The van der Waals surface area contributed by atoms with E-state index in [4.69, 9.17) is 4.74 Å². The lowest BCUT2D eigenvalue weighted by molar-refractivity contribution is -0.153. The number of hydrazone groups is 1. The van der Waals surface area contributed by atoms with Crippen molar-refractivity contribution < 1.29 is 19.1 Å². The van der Waals surface area contributed by atoms with Gasteiger partial charge in [-0.15, -0.1) is 0 Å². The summed E-state index contributed by atoms with van der Waals surface area (Å²) >= 11 is 0. The lowest BCUT2D eigenvalue weighted by Gasteiger charge is -2.22. The first kappa shape index (κ1) is 16.7. The molecule has 23 heavy (non-hydrogen) atoms. The predicted molar refractivity (Wildman–Crippen MR) is 83.3 cm³/mol. The minimum Gasteiger partial charge on any atom is -0.448 e. The molecule has 1 aliphatic heterocycles. The van der Waals surface area contributed by atoms with E-state index in [1.165, 1.54) is 11.8 Å². The standard InChI is InChI=1S/C16H19N3O4/c1-11(23-16(22)13-8-9-14(20)18-17-13)15(21)19(2)10-12-6-4-3-5-7-12/h3-7,11H,8-10H2,1-2H3,(H,18,20)/t11-/m1/s1. The molecule has 7 heteroatoms. The van der Waals surface area contributed by atoms with Crippen LogP contribution in [0.4, 0.5) is 0 Å². The Kier molecular flexibility index (Phi) is 5.46. The van der Waals surface area contributed by atoms with Gasteiger partial charge in [0.1, 0.15) is 5.71 Å². The van der Waals surface area contributed by atoms with Crippen molar-refractivity contribution in [1.82, 2.24) is 10.3 Å². The Morgan fingerprint density at radius 2 is 2.00 bits per heavy atom. The molecule has 0 unspecified atom stereocenters. The van der Waals surface area contributed by atoms with Gasteiger partial charge in [0.2, 0.25) is 5.91 Å². The van der Waals surface area contributed by atoms with Crippen LogP contribution in [0.3, 0.4) is 0 Å². The van der Waals surface area contributed by atoms with Gasteiger partial charge in [0.25, 0.3) is 5.91 Å². The minimum absolute atomic E-state index is 0.120. The molecule has 1 heterocycles. The lowest BCUT2D eigenvalue weighted by Crippen LogP contribution is -2.39. The second kappa shape index (κ2) is 7.53. The quantitative estimate of drug-likeness (QED) is 0.815. The summed E-state index contributed by atoms with van der Waals surface area (Å²) in [7, 11) is 1.65. The number of carbonyl (C=O) groups excluding carboxylic acids is 3. The van der Waals surface area contributed by atoms with Crippen molar-refractivity contribution in [3.05, 3.63) is 35.9 Å². The molecule has 0 radical (unpaired) electrons. The maximum Gasteiger partial charge on any atom is 0.355 e. The van der Waals surface area contributed by atoms with Gasteiger partial charge < -0.3 is 9.64 Å². The Morgan fingerprint density at radius 3 is 2.61 bits per heavy atom. The zero-order valence-electron chi connectivity index (χ0n) is 13.1. The third-order valence-electron chi connectivity index (χ3n) is 3.41. The number of hydrogen-bond donors (Lipinski definition) is 1. The number of carbonyl (C=O) groups is 3. The van der Waals surface area contributed by atoms with E-state index in [1.54, 1.807) is 7.05 Å². The summed E-state index contributed by atoms with van der Waals surface area (Å²) in [5.74, 6) is -1.23. The van der Waals surface area contributed by atoms with Crippen molar-refractivity contribution in [3.63, 3.8) is 0 Å². The van der Waals surface area contributed by atoms with Crippen molar-refractivity contribution in [1.29, 1.82) is 0 Å². The van der Waals surface area contributed by atoms with Crippen LogP contribution in [0.15, 0.2) is 35.4 Å². The molecule has 0 saturated heterocycles. The molecule has 1 aliphatic rings. The van der Waals surface area contributed by atoms with Gasteiger partial charge in [-0.25, -0.2) is 10.2 Å². The first-order valence-electron chi connectivity index (χ1n) is 7.32. The number of nitrogens with one attached hydrogen (secondary N) is 1. The topological polar surface area (TPSA) is 88.1 Å². The number of benzene rings is 1. The highest BCUT2D eigenvalue weighted by molar-refractivity contribution is 6.37. The monoisotopic (exact) mass is 317 g/mol. The van der Waals surface area contributed by atoms with Gasteiger partial charge in [0, 0.05) is 26.4 Å². The van der Waals surface area contributed by atoms with Crippen LogP contribution < -0.4 is 5.43 Å². The average molecular weight is 317 g/mol. The molecule has 1 aromatic carbocycles. The summed E-state index contributed by atoms with van der Waals surface area (Å²) < 4.78 is 5.13. The maximum absolute atomic E-state index is 12.3. The van der Waals surface area contributed by atoms with E-state index >= 15 is 0 Å². The molecular formula is C16H19N3O4. The number of rotatable bonds is 5. The number of likely N-dealkylation sites (N-methyl/N-ethyl adjacent to an activating group) is 1. The smallest absolute Gasteiger partial charge is 0.355 e. The number of ether oxygens (including phenoxy) is 1. The Bertz CT molecular complexity index is 627. The van der Waals surface area contributed by atoms with Gasteiger partial charge in [0.05, 0.1) is 0 Å². The van der Waals surface area contributed by atoms with Crippen LogP contribution >= 0.6 is 0 Å². The first-order chi connectivity index (χ1) is 11.0. The molecule has 2 amide bonds. The zero-order chi connectivity index (χ0) is 16.8. The summed E-state index contributed by atoms with van der Waals surface area (Å²) in [6.45, 7) is 1.95. The predicted octanol–water partition coefficient (Wildman–Crippen LogP) is 0.843. The van der Waals surface area contributed by atoms with Crippen LogP contribution in [0, 0.1) is 0 Å². The molecule has 0 bridgehead atoms. The van der Waals surface area contributed by atoms with Gasteiger partial charge in [-0.2, -0.15) is 5.10 Å². The van der Waals surface area contributed by atoms with Crippen LogP contribution in [0.5, 0.6) is 0 Å². The summed E-state index contributed by atoms with van der Waals surface area (Å²) in [5, 5.41) is 3.65. The number of amides is 2. The largest absolute Gasteiger partial charge is 0.448 e. The van der Waals surface area contributed by atoms with Gasteiger partial charge in [-0.05, 0) is 12.5 Å². The van der Waals surface area contributed by atoms with Gasteiger partial charge in [-0.1, -0.05) is 30.3 Å². The van der Waals surface area contributed by atoms with Gasteiger partial charge in [0.15, 0.2) is 6.10 Å². The second-order valence-electron chi connectivity index (χ2n) is 5.32. The molecule has 0 aliphatic carbocycles. The van der Waals surface area contributed by atoms with E-state index in [2.05, 4.69) is 10.5 Å². The van der Waals surface area contributed by atoms with Gasteiger partial charge in [-0.3, -0.25) is 9.59 Å². The normalized spacial score (nSPS) is 15.2. The van der Waals surface area contributed by atoms with Crippen molar-refractivity contribution in [3.8, 4) is 0 Å². The summed E-state index contributed by atoms with van der Waals surface area (Å²) in [6.07, 6.45) is -0.521. The second-order valence-corrected chi connectivity index (χ2v) is 5.32. The van der Waals surface area contributed by atoms with Gasteiger partial charge >= 0.3 is 5.97 Å². The van der Waals surface area contributed by atoms with E-state index in [0.717, 1.165) is 5.56 Å². The Morgan fingerprint density at radius 1 is 1.30 bits per heavy atom. The maximum atomic E-state index is 12.3. The fourth-order valence-corrected chi connectivity index (χ4v) is 2.15. The van der Waals surface area contributed by atoms with Crippen molar-refractivity contribution in [2.45, 2.75) is 32.4 Å². The van der Waals surface area contributed by atoms with E-state index in [0.29, 0.717) is 6.54 Å². The number of nitrogens with zero attached hydrogens (tertiary/aromatic N) is 2. The fourth-order valence-electron chi connectivity index (χ4n) is 2.15. The van der Waals surface area contributed by atoms with Crippen molar-refractivity contribution in [2.24, 2.45) is 5.10 Å². The van der Waals surface area contributed by atoms with Crippen molar-refractivity contribution >= 4 is 23.5 Å². The van der Waals surface area contributed by atoms with Crippen LogP contribution in [-0.4, -0.2) is 41.5 Å². The SMILES string of the molecule is C[C@@H](OC(=O)C1=NNC(=O)CC1)C(=O)N(C)Cc1ccccc1. The molecule has 7 nitrogen and oxygen atoms in total. The van der Waals surface area contributed by atoms with E-state index in [9.17, 15) is 14.4 Å². The fraction of sp³-hybridized carbons (Fsp3) is 0.375. The Balaban J connectivity index is 1.89. The molecule has 0 aromatic heterocycles. The Hall–Kier alpha value is -2.70. The van der Waals surface area contributed by atoms with Crippen LogP contribution in [0.2, 0.25) is 0 Å². The molecule has 2 rings (SSSR count). The average Bonchev–Trinajstić information content (AvgIpc) is 2.55. The molecule has 0 spiro atoms. The third-order valence-corrected chi connectivity index (χ3v) is 3.41. The molecule has 0 saturated carbocycles. The highest BCUT2D eigenvalue weighted by Crippen LogP contribution is 2.08. The van der Waals surface area contributed by atoms with Crippen molar-refractivity contribution in [2.75, 3.05) is 7.05 Å². The third kappa shape index (κ3) is 4.64. The minimum atomic E-state index is -0.920. The summed E-state index contributed by atoms with van der Waals surface area (Å²) in [5.41, 5.74) is 3.33. The number of esters is 1. The van der Waals surface area contributed by atoms with Crippen LogP contribution in [0.25, 0.3) is 0 Å². The number of hydrogen-bond acceptors (Lipinski definition) is 5. The lowest BCUT2D eigenvalue weighted by atomic mass is 10.2. The summed E-state index contributed by atoms with van der Waals surface area (Å²) in [6, 6.07) is 9.53. The molecule has 0 fully saturated rings. The van der Waals surface area contributed by atoms with Crippen LogP contribution in [0.1, 0.15) is 25.3 Å². The van der Waals surface area contributed by atoms with E-state index < -0.39 is 12.1 Å². The van der Waals surface area contributed by atoms with Crippen LogP contribution in [-0.2, 0) is 25.7 Å². The molecular weight excluding hydrogens is 298 g/mol. The molecule has 1 aromatic rings. The zero-order valence-corrected chi connectivity index (χ0v) is 13.1. The molecule has 122 valence electrons. The summed E-state index contributed by atoms with van der Waals surface area (Å²) in [4.78, 5) is 36.7. The highest BCUT2D eigenvalue weighted by atomic mass is 16.5. The van der Waals surface area contributed by atoms with E-state index in [-0.39, 0.29) is 30.4 Å².